The van der Waals surface area contributed by atoms with E-state index in [2.05, 4.69) is 30.2 Å². The molecule has 0 aromatic heterocycles. The maximum atomic E-state index is 12.2. The summed E-state index contributed by atoms with van der Waals surface area (Å²) in [6.07, 6.45) is 1.94. The van der Waals surface area contributed by atoms with E-state index in [-0.39, 0.29) is 36.4 Å². The molecule has 0 aliphatic carbocycles. The fourth-order valence-electron chi connectivity index (χ4n) is 2.38. The number of carbonyl (C=O) groups is 1. The molecule has 0 unspecified atom stereocenters. The SMILES string of the molecule is CC(C)CCNC(N)=NCC(=O)N1CCc2ccccc21.I. The van der Waals surface area contributed by atoms with E-state index in [9.17, 15) is 4.79 Å². The fourth-order valence-corrected chi connectivity index (χ4v) is 2.38. The molecular formula is C16H25IN4O. The molecule has 0 spiro atoms. The van der Waals surface area contributed by atoms with Crippen LogP contribution in [0.1, 0.15) is 25.8 Å². The van der Waals surface area contributed by atoms with Crippen LogP contribution in [0, 0.1) is 5.92 Å². The maximum absolute atomic E-state index is 12.2. The van der Waals surface area contributed by atoms with Gasteiger partial charge in [0.05, 0.1) is 0 Å². The Morgan fingerprint density at radius 1 is 1.41 bits per heavy atom. The molecule has 122 valence electrons. The number of guanidine groups is 1. The van der Waals surface area contributed by atoms with Gasteiger partial charge in [-0.2, -0.15) is 0 Å². The molecule has 5 nitrogen and oxygen atoms in total. The van der Waals surface area contributed by atoms with Crippen molar-refractivity contribution in [2.75, 3.05) is 24.5 Å². The van der Waals surface area contributed by atoms with Crippen LogP contribution in [0.3, 0.4) is 0 Å². The van der Waals surface area contributed by atoms with E-state index in [1.807, 2.05) is 18.2 Å². The molecule has 0 atom stereocenters. The number of nitrogens with one attached hydrogen (secondary N) is 1. The van der Waals surface area contributed by atoms with Gasteiger partial charge in [-0.05, 0) is 30.4 Å². The standard InChI is InChI=1S/C16H24N4O.HI/c1-12(2)7-9-18-16(17)19-11-15(21)20-10-8-13-5-3-4-6-14(13)20;/h3-6,12H,7-11H2,1-2H3,(H3,17,18,19);1H. The van der Waals surface area contributed by atoms with E-state index < -0.39 is 0 Å². The monoisotopic (exact) mass is 416 g/mol. The van der Waals surface area contributed by atoms with Crippen LogP contribution in [-0.2, 0) is 11.2 Å². The zero-order valence-electron chi connectivity index (χ0n) is 13.2. The summed E-state index contributed by atoms with van der Waals surface area (Å²) < 4.78 is 0. The van der Waals surface area contributed by atoms with Crippen LogP contribution in [0.15, 0.2) is 29.3 Å². The smallest absolute Gasteiger partial charge is 0.248 e. The number of benzene rings is 1. The van der Waals surface area contributed by atoms with E-state index >= 15 is 0 Å². The number of aliphatic imine (C=N–C) groups is 1. The third kappa shape index (κ3) is 5.15. The number of nitrogens with zero attached hydrogens (tertiary/aromatic N) is 2. The van der Waals surface area contributed by atoms with Gasteiger partial charge >= 0.3 is 0 Å². The van der Waals surface area contributed by atoms with Crippen LogP contribution in [0.25, 0.3) is 0 Å². The average Bonchev–Trinajstić information content (AvgIpc) is 2.88. The summed E-state index contributed by atoms with van der Waals surface area (Å²) in [4.78, 5) is 18.2. The molecule has 22 heavy (non-hydrogen) atoms. The Hall–Kier alpha value is -1.31. The second-order valence-electron chi connectivity index (χ2n) is 5.73. The van der Waals surface area contributed by atoms with Crippen molar-refractivity contribution in [3.63, 3.8) is 0 Å². The Balaban J connectivity index is 0.00000242. The Bertz CT molecular complexity index is 531. The molecule has 6 heteroatoms. The van der Waals surface area contributed by atoms with Gasteiger partial charge in [-0.3, -0.25) is 4.79 Å². The van der Waals surface area contributed by atoms with Crippen LogP contribution in [-0.4, -0.2) is 31.5 Å². The number of carbonyl (C=O) groups excluding carboxylic acids is 1. The molecule has 3 N–H and O–H groups in total. The van der Waals surface area contributed by atoms with E-state index in [0.29, 0.717) is 11.9 Å². The first kappa shape index (κ1) is 18.7. The molecule has 1 aliphatic rings. The predicted octanol–water partition coefficient (Wildman–Crippen LogP) is 2.14. The van der Waals surface area contributed by atoms with Gasteiger partial charge in [-0.25, -0.2) is 4.99 Å². The third-order valence-corrected chi connectivity index (χ3v) is 3.60. The second-order valence-corrected chi connectivity index (χ2v) is 5.73. The van der Waals surface area contributed by atoms with Crippen molar-refractivity contribution in [2.45, 2.75) is 26.7 Å². The van der Waals surface area contributed by atoms with E-state index in [1.54, 1.807) is 4.90 Å². The fraction of sp³-hybridized carbons (Fsp3) is 0.500. The molecule has 0 bridgehead atoms. The highest BCUT2D eigenvalue weighted by atomic mass is 127. The van der Waals surface area contributed by atoms with Crippen molar-refractivity contribution in [1.29, 1.82) is 0 Å². The minimum atomic E-state index is -0.00596. The minimum absolute atomic E-state index is 0. The molecule has 0 radical (unpaired) electrons. The lowest BCUT2D eigenvalue weighted by Gasteiger charge is -2.16. The van der Waals surface area contributed by atoms with Crippen molar-refractivity contribution in [3.8, 4) is 0 Å². The Morgan fingerprint density at radius 2 is 2.14 bits per heavy atom. The summed E-state index contributed by atoms with van der Waals surface area (Å²) in [6, 6.07) is 8.00. The molecule has 0 fully saturated rings. The summed E-state index contributed by atoms with van der Waals surface area (Å²) >= 11 is 0. The number of halogens is 1. The number of anilines is 1. The van der Waals surface area contributed by atoms with Gasteiger partial charge in [0.25, 0.3) is 0 Å². The molecule has 0 saturated carbocycles. The van der Waals surface area contributed by atoms with Gasteiger partial charge in [0.2, 0.25) is 5.91 Å². The van der Waals surface area contributed by atoms with Gasteiger partial charge < -0.3 is 16.0 Å². The summed E-state index contributed by atoms with van der Waals surface area (Å²) in [7, 11) is 0. The number of hydrogen-bond donors (Lipinski definition) is 2. The Labute approximate surface area is 149 Å². The lowest BCUT2D eigenvalue weighted by Crippen LogP contribution is -2.36. The lowest BCUT2D eigenvalue weighted by atomic mass is 10.1. The van der Waals surface area contributed by atoms with Crippen LogP contribution in [0.4, 0.5) is 5.69 Å². The van der Waals surface area contributed by atoms with Crippen molar-refractivity contribution < 1.29 is 4.79 Å². The number of hydrogen-bond acceptors (Lipinski definition) is 2. The van der Waals surface area contributed by atoms with Gasteiger partial charge in [0, 0.05) is 18.8 Å². The summed E-state index contributed by atoms with van der Waals surface area (Å²) in [5, 5.41) is 3.04. The predicted molar refractivity (Wildman–Crippen MR) is 102 cm³/mol. The van der Waals surface area contributed by atoms with Crippen molar-refractivity contribution in [3.05, 3.63) is 29.8 Å². The molecule has 2 rings (SSSR count). The number of amides is 1. The first-order valence-electron chi connectivity index (χ1n) is 7.50. The van der Waals surface area contributed by atoms with Gasteiger partial charge in [0.1, 0.15) is 6.54 Å². The average molecular weight is 416 g/mol. The molecule has 1 amide bonds. The highest BCUT2D eigenvalue weighted by Gasteiger charge is 2.23. The lowest BCUT2D eigenvalue weighted by molar-refractivity contribution is -0.117. The highest BCUT2D eigenvalue weighted by molar-refractivity contribution is 14.0. The Kier molecular flexibility index (Phi) is 7.64. The zero-order chi connectivity index (χ0) is 15.2. The van der Waals surface area contributed by atoms with E-state index in [1.165, 1.54) is 5.56 Å². The summed E-state index contributed by atoms with van der Waals surface area (Å²) in [5.74, 6) is 0.957. The second kappa shape index (κ2) is 8.97. The molecule has 1 heterocycles. The van der Waals surface area contributed by atoms with Crippen LogP contribution in [0.5, 0.6) is 0 Å². The minimum Gasteiger partial charge on any atom is -0.370 e. The van der Waals surface area contributed by atoms with Crippen LogP contribution < -0.4 is 16.0 Å². The van der Waals surface area contributed by atoms with Gasteiger partial charge in [0.15, 0.2) is 5.96 Å². The van der Waals surface area contributed by atoms with Crippen molar-refractivity contribution in [2.24, 2.45) is 16.6 Å². The quantitative estimate of drug-likeness (QED) is 0.439. The van der Waals surface area contributed by atoms with Crippen LogP contribution in [0.2, 0.25) is 0 Å². The summed E-state index contributed by atoms with van der Waals surface area (Å²) in [6.45, 7) is 5.92. The molecular weight excluding hydrogens is 391 g/mol. The van der Waals surface area contributed by atoms with Gasteiger partial charge in [-0.15, -0.1) is 24.0 Å². The third-order valence-electron chi connectivity index (χ3n) is 3.60. The molecule has 1 aromatic rings. The molecule has 1 aromatic carbocycles. The normalized spacial score (nSPS) is 13.8. The number of rotatable bonds is 5. The topological polar surface area (TPSA) is 70.7 Å². The Morgan fingerprint density at radius 3 is 2.86 bits per heavy atom. The first-order valence-corrected chi connectivity index (χ1v) is 7.50. The maximum Gasteiger partial charge on any atom is 0.248 e. The highest BCUT2D eigenvalue weighted by Crippen LogP contribution is 2.27. The molecule has 0 saturated heterocycles. The number of para-hydroxylation sites is 1. The van der Waals surface area contributed by atoms with Gasteiger partial charge in [-0.1, -0.05) is 32.0 Å². The zero-order valence-corrected chi connectivity index (χ0v) is 15.5. The van der Waals surface area contributed by atoms with E-state index in [0.717, 1.165) is 31.6 Å². The number of nitrogens with two attached hydrogens (primary N) is 1. The van der Waals surface area contributed by atoms with Crippen molar-refractivity contribution in [1.82, 2.24) is 5.32 Å². The summed E-state index contributed by atoms with van der Waals surface area (Å²) in [5.41, 5.74) is 7.99. The van der Waals surface area contributed by atoms with Crippen molar-refractivity contribution >= 4 is 41.5 Å². The van der Waals surface area contributed by atoms with Crippen LogP contribution >= 0.6 is 24.0 Å². The largest absolute Gasteiger partial charge is 0.370 e. The first-order chi connectivity index (χ1) is 10.1. The number of fused-ring (bicyclic) bond motifs is 1. The molecule has 1 aliphatic heterocycles. The van der Waals surface area contributed by atoms with E-state index in [4.69, 9.17) is 5.73 Å².